The van der Waals surface area contributed by atoms with E-state index in [1.165, 1.54) is 12.2 Å². The van der Waals surface area contributed by atoms with Crippen LogP contribution in [0.25, 0.3) is 0 Å². The van der Waals surface area contributed by atoms with Crippen LogP contribution in [0, 0.1) is 5.41 Å². The zero-order valence-corrected chi connectivity index (χ0v) is 12.4. The molecule has 4 heteroatoms. The zero-order chi connectivity index (χ0) is 12.7. The largest absolute Gasteiger partial charge is 0.382 e. The lowest BCUT2D eigenvalue weighted by Gasteiger charge is -2.35. The van der Waals surface area contributed by atoms with E-state index in [1.54, 1.807) is 0 Å². The maximum atomic E-state index is 5.30. The third kappa shape index (κ3) is 5.77. The first-order chi connectivity index (χ1) is 8.04. The van der Waals surface area contributed by atoms with Crippen molar-refractivity contribution in [3.05, 3.63) is 0 Å². The molecule has 17 heavy (non-hydrogen) atoms. The number of hydrogen-bond donors (Lipinski definition) is 1. The highest BCUT2D eigenvalue weighted by atomic mass is 32.2. The third-order valence-electron chi connectivity index (χ3n) is 2.89. The van der Waals surface area contributed by atoms with E-state index in [9.17, 15) is 0 Å². The third-order valence-corrected chi connectivity index (χ3v) is 3.85. The second-order valence-electron chi connectivity index (χ2n) is 5.44. The summed E-state index contributed by atoms with van der Waals surface area (Å²) < 4.78 is 5.30. The minimum atomic E-state index is 0.313. The smallest absolute Gasteiger partial charge is 0.156 e. The maximum Gasteiger partial charge on any atom is 0.156 e. The standard InChI is InChI=1S/C13H26N2OS/c1-5-16-9-6-8-14-12-15-11(7-10-17-12)13(2,3)4/h11H,5-10H2,1-4H3,(H,14,15). The lowest BCUT2D eigenvalue weighted by molar-refractivity contribution is 0.146. The Morgan fingerprint density at radius 2 is 2.24 bits per heavy atom. The highest BCUT2D eigenvalue weighted by Gasteiger charge is 2.28. The van der Waals surface area contributed by atoms with Crippen molar-refractivity contribution < 1.29 is 4.74 Å². The summed E-state index contributed by atoms with van der Waals surface area (Å²) in [6.45, 7) is 11.4. The molecule has 1 unspecified atom stereocenters. The number of hydrogen-bond acceptors (Lipinski definition) is 3. The molecule has 1 aliphatic rings. The molecule has 0 bridgehead atoms. The summed E-state index contributed by atoms with van der Waals surface area (Å²) in [5.41, 5.74) is 0.313. The first kappa shape index (κ1) is 14.8. The van der Waals surface area contributed by atoms with Gasteiger partial charge in [0.1, 0.15) is 0 Å². The quantitative estimate of drug-likeness (QED) is 0.770. The van der Waals surface area contributed by atoms with Crippen molar-refractivity contribution in [2.45, 2.75) is 46.6 Å². The molecule has 1 rings (SSSR count). The first-order valence-electron chi connectivity index (χ1n) is 6.55. The Balaban J connectivity index is 2.31. The van der Waals surface area contributed by atoms with E-state index < -0.39 is 0 Å². The van der Waals surface area contributed by atoms with Crippen LogP contribution >= 0.6 is 11.8 Å². The second kappa shape index (κ2) is 7.27. The van der Waals surface area contributed by atoms with Crippen LogP contribution in [-0.4, -0.2) is 36.7 Å². The van der Waals surface area contributed by atoms with Gasteiger partial charge in [0.2, 0.25) is 0 Å². The molecule has 3 nitrogen and oxygen atoms in total. The monoisotopic (exact) mass is 258 g/mol. The summed E-state index contributed by atoms with van der Waals surface area (Å²) in [6.07, 6.45) is 2.24. The fraction of sp³-hybridized carbons (Fsp3) is 0.923. The number of rotatable bonds is 5. The molecule has 1 N–H and O–H groups in total. The van der Waals surface area contributed by atoms with E-state index in [4.69, 9.17) is 4.74 Å². The van der Waals surface area contributed by atoms with Gasteiger partial charge in [-0.15, -0.1) is 0 Å². The number of nitrogens with one attached hydrogen (secondary N) is 1. The molecule has 1 fully saturated rings. The normalized spacial score (nSPS) is 23.8. The van der Waals surface area contributed by atoms with Crippen LogP contribution in [-0.2, 0) is 4.74 Å². The van der Waals surface area contributed by atoms with Gasteiger partial charge >= 0.3 is 0 Å². The minimum absolute atomic E-state index is 0.313. The minimum Gasteiger partial charge on any atom is -0.382 e. The van der Waals surface area contributed by atoms with Gasteiger partial charge in [-0.1, -0.05) is 32.5 Å². The molecule has 0 aromatic carbocycles. The molecule has 0 aromatic rings. The lowest BCUT2D eigenvalue weighted by Crippen LogP contribution is -2.46. The summed E-state index contributed by atoms with van der Waals surface area (Å²) in [7, 11) is 0. The van der Waals surface area contributed by atoms with Gasteiger partial charge in [0, 0.05) is 31.6 Å². The van der Waals surface area contributed by atoms with E-state index in [2.05, 4.69) is 31.1 Å². The van der Waals surface area contributed by atoms with E-state index in [0.29, 0.717) is 11.5 Å². The van der Waals surface area contributed by atoms with Crippen LogP contribution in [0.1, 0.15) is 40.5 Å². The average molecular weight is 258 g/mol. The highest BCUT2D eigenvalue weighted by Crippen LogP contribution is 2.27. The molecular formula is C13H26N2OS. The maximum absolute atomic E-state index is 5.30. The van der Waals surface area contributed by atoms with Crippen LogP contribution in [0.4, 0.5) is 0 Å². The van der Waals surface area contributed by atoms with Crippen molar-refractivity contribution in [3.8, 4) is 0 Å². The van der Waals surface area contributed by atoms with Gasteiger partial charge in [0.25, 0.3) is 0 Å². The van der Waals surface area contributed by atoms with E-state index >= 15 is 0 Å². The summed E-state index contributed by atoms with van der Waals surface area (Å²) in [6, 6.07) is 0.550. The van der Waals surface area contributed by atoms with E-state index in [1.807, 2.05) is 18.7 Å². The fourth-order valence-corrected chi connectivity index (χ4v) is 2.72. The molecule has 1 heterocycles. The highest BCUT2D eigenvalue weighted by molar-refractivity contribution is 8.13. The van der Waals surface area contributed by atoms with Crippen molar-refractivity contribution in [2.24, 2.45) is 10.4 Å². The van der Waals surface area contributed by atoms with Crippen molar-refractivity contribution in [1.29, 1.82) is 0 Å². The van der Waals surface area contributed by atoms with Crippen LogP contribution in [0.15, 0.2) is 4.99 Å². The Labute approximate surface area is 110 Å². The molecule has 0 radical (unpaired) electrons. The Morgan fingerprint density at radius 1 is 1.47 bits per heavy atom. The Kier molecular flexibility index (Phi) is 6.34. The first-order valence-corrected chi connectivity index (χ1v) is 7.54. The van der Waals surface area contributed by atoms with Gasteiger partial charge in [0.05, 0.1) is 0 Å². The second-order valence-corrected chi connectivity index (χ2v) is 6.52. The van der Waals surface area contributed by atoms with Crippen LogP contribution in [0.5, 0.6) is 0 Å². The predicted molar refractivity (Wildman–Crippen MR) is 76.9 cm³/mol. The fourth-order valence-electron chi connectivity index (χ4n) is 1.77. The molecule has 0 spiro atoms. The predicted octanol–water partition coefficient (Wildman–Crippen LogP) is 2.91. The van der Waals surface area contributed by atoms with Gasteiger partial charge in [-0.05, 0) is 25.2 Å². The Morgan fingerprint density at radius 3 is 2.88 bits per heavy atom. The van der Waals surface area contributed by atoms with Gasteiger partial charge in [-0.3, -0.25) is 4.99 Å². The molecule has 1 atom stereocenters. The molecule has 1 aliphatic heterocycles. The van der Waals surface area contributed by atoms with E-state index in [-0.39, 0.29) is 0 Å². The van der Waals surface area contributed by atoms with Crippen LogP contribution in [0.3, 0.4) is 0 Å². The van der Waals surface area contributed by atoms with Crippen molar-refractivity contribution >= 4 is 16.9 Å². The average Bonchev–Trinajstić information content (AvgIpc) is 2.28. The summed E-state index contributed by atoms with van der Waals surface area (Å²) in [4.78, 5) is 4.61. The molecule has 1 saturated heterocycles. The van der Waals surface area contributed by atoms with Crippen LogP contribution < -0.4 is 5.32 Å². The number of amidine groups is 1. The summed E-state index contributed by atoms with van der Waals surface area (Å²) in [5.74, 6) is 1.18. The molecule has 0 aromatic heterocycles. The molecular weight excluding hydrogens is 232 g/mol. The topological polar surface area (TPSA) is 33.6 Å². The number of aliphatic imine (C=N–C) groups is 1. The van der Waals surface area contributed by atoms with Crippen molar-refractivity contribution in [3.63, 3.8) is 0 Å². The molecule has 100 valence electrons. The SMILES string of the molecule is CCOCCCN=C1NC(C(C)(C)C)CCS1. The van der Waals surface area contributed by atoms with Crippen molar-refractivity contribution in [1.82, 2.24) is 5.32 Å². The lowest BCUT2D eigenvalue weighted by atomic mass is 9.85. The van der Waals surface area contributed by atoms with Gasteiger partial charge in [-0.2, -0.15) is 0 Å². The van der Waals surface area contributed by atoms with Gasteiger partial charge in [0.15, 0.2) is 5.17 Å². The summed E-state index contributed by atoms with van der Waals surface area (Å²) in [5, 5.41) is 4.67. The zero-order valence-electron chi connectivity index (χ0n) is 11.6. The number of ether oxygens (including phenoxy) is 1. The van der Waals surface area contributed by atoms with Crippen molar-refractivity contribution in [2.75, 3.05) is 25.5 Å². The Hall–Kier alpha value is -0.220. The van der Waals surface area contributed by atoms with Gasteiger partial charge in [-0.25, -0.2) is 0 Å². The van der Waals surface area contributed by atoms with Gasteiger partial charge < -0.3 is 10.1 Å². The number of thioether (sulfide) groups is 1. The molecule has 0 saturated carbocycles. The number of nitrogens with zero attached hydrogens (tertiary/aromatic N) is 1. The Bertz CT molecular complexity index is 248. The van der Waals surface area contributed by atoms with Crippen LogP contribution in [0.2, 0.25) is 0 Å². The molecule has 0 amide bonds. The molecule has 0 aliphatic carbocycles. The van der Waals surface area contributed by atoms with E-state index in [0.717, 1.165) is 31.3 Å². The summed E-state index contributed by atoms with van der Waals surface area (Å²) >= 11 is 1.84.